The molecule has 1 N–H and O–H groups in total. The standard InChI is InChI=1S/C22H31O2P/c1-2-3-4-5-6-7-8-10-13-20-16-18-22(19-17-20)25(23,24)21-14-11-9-12-15-21/h9,11-12,14-19H,2-8,10,13H2,1H3,(H,23,24). The molecule has 0 fully saturated rings. The molecule has 2 rings (SSSR count). The molecule has 0 saturated heterocycles. The first-order valence-electron chi connectivity index (χ1n) is 9.62. The third-order valence-electron chi connectivity index (χ3n) is 4.71. The van der Waals surface area contributed by atoms with Crippen LogP contribution in [0.5, 0.6) is 0 Å². The van der Waals surface area contributed by atoms with Gasteiger partial charge in [-0.1, -0.05) is 82.2 Å². The number of rotatable bonds is 11. The quantitative estimate of drug-likeness (QED) is 0.420. The highest BCUT2D eigenvalue weighted by Crippen LogP contribution is 2.37. The topological polar surface area (TPSA) is 37.3 Å². The monoisotopic (exact) mass is 358 g/mol. The smallest absolute Gasteiger partial charge is 0.258 e. The minimum absolute atomic E-state index is 0.492. The molecule has 0 aliphatic heterocycles. The number of hydrogen-bond donors (Lipinski definition) is 1. The van der Waals surface area contributed by atoms with Crippen molar-refractivity contribution in [2.24, 2.45) is 0 Å². The number of hydrogen-bond acceptors (Lipinski definition) is 1. The SMILES string of the molecule is CCCCCCCCCCc1ccc(P(=O)(O)c2ccccc2)cc1. The molecule has 25 heavy (non-hydrogen) atoms. The number of aryl methyl sites for hydroxylation is 1. The molecule has 0 bridgehead atoms. The molecule has 0 spiro atoms. The van der Waals surface area contributed by atoms with Gasteiger partial charge in [0.15, 0.2) is 0 Å². The van der Waals surface area contributed by atoms with Crippen LogP contribution in [0.3, 0.4) is 0 Å². The molecule has 0 aromatic heterocycles. The second-order valence-corrected chi connectivity index (χ2v) is 8.99. The summed E-state index contributed by atoms with van der Waals surface area (Å²) in [6, 6.07) is 16.5. The van der Waals surface area contributed by atoms with Gasteiger partial charge in [-0.15, -0.1) is 0 Å². The summed E-state index contributed by atoms with van der Waals surface area (Å²) >= 11 is 0. The fourth-order valence-corrected chi connectivity index (χ4v) is 4.53. The zero-order valence-electron chi connectivity index (χ0n) is 15.4. The van der Waals surface area contributed by atoms with Crippen molar-refractivity contribution in [2.45, 2.75) is 64.7 Å². The predicted octanol–water partition coefficient (Wildman–Crippen LogP) is 5.59. The van der Waals surface area contributed by atoms with Crippen molar-refractivity contribution in [3.63, 3.8) is 0 Å². The van der Waals surface area contributed by atoms with Gasteiger partial charge in [0.1, 0.15) is 0 Å². The van der Waals surface area contributed by atoms with Crippen LogP contribution in [0.25, 0.3) is 0 Å². The van der Waals surface area contributed by atoms with Gasteiger partial charge in [-0.25, -0.2) is 0 Å². The molecule has 2 aromatic rings. The fourth-order valence-electron chi connectivity index (χ4n) is 3.11. The van der Waals surface area contributed by atoms with Gasteiger partial charge in [0.2, 0.25) is 0 Å². The summed E-state index contributed by atoms with van der Waals surface area (Å²) in [5.74, 6) is 0. The summed E-state index contributed by atoms with van der Waals surface area (Å²) in [6.07, 6.45) is 11.6. The zero-order valence-corrected chi connectivity index (χ0v) is 16.3. The number of benzene rings is 2. The van der Waals surface area contributed by atoms with E-state index in [9.17, 15) is 9.46 Å². The van der Waals surface area contributed by atoms with E-state index in [-0.39, 0.29) is 0 Å². The van der Waals surface area contributed by atoms with Crippen LogP contribution in [0, 0.1) is 0 Å². The van der Waals surface area contributed by atoms with Crippen LogP contribution in [0.15, 0.2) is 54.6 Å². The summed E-state index contributed by atoms with van der Waals surface area (Å²) in [4.78, 5) is 10.4. The molecule has 0 amide bonds. The zero-order chi connectivity index (χ0) is 18.0. The van der Waals surface area contributed by atoms with E-state index >= 15 is 0 Å². The molecule has 3 heteroatoms. The Balaban J connectivity index is 1.77. The average Bonchev–Trinajstić information content (AvgIpc) is 2.65. The molecule has 2 nitrogen and oxygen atoms in total. The van der Waals surface area contributed by atoms with E-state index in [1.165, 1.54) is 56.9 Å². The Labute approximate surface area is 152 Å². The van der Waals surface area contributed by atoms with E-state index in [0.717, 1.165) is 6.42 Å². The molecular formula is C22H31O2P. The van der Waals surface area contributed by atoms with Crippen LogP contribution in [0.1, 0.15) is 63.9 Å². The lowest BCUT2D eigenvalue weighted by Gasteiger charge is -2.12. The Morgan fingerprint density at radius 1 is 0.720 bits per heavy atom. The van der Waals surface area contributed by atoms with Crippen molar-refractivity contribution >= 4 is 18.0 Å². The first kappa shape index (κ1) is 19.9. The highest BCUT2D eigenvalue weighted by atomic mass is 31.2. The lowest BCUT2D eigenvalue weighted by molar-refractivity contribution is 0.501. The van der Waals surface area contributed by atoms with Crippen LogP contribution in [-0.2, 0) is 11.0 Å². The molecule has 2 aromatic carbocycles. The van der Waals surface area contributed by atoms with Crippen molar-refractivity contribution in [1.29, 1.82) is 0 Å². The van der Waals surface area contributed by atoms with Crippen LogP contribution < -0.4 is 10.6 Å². The van der Waals surface area contributed by atoms with Crippen molar-refractivity contribution in [2.75, 3.05) is 0 Å². The molecule has 0 aliphatic rings. The van der Waals surface area contributed by atoms with Gasteiger partial charge in [-0.3, -0.25) is 4.57 Å². The molecule has 0 aliphatic carbocycles. The van der Waals surface area contributed by atoms with E-state index in [1.807, 2.05) is 30.3 Å². The Kier molecular flexibility index (Phi) is 8.44. The third-order valence-corrected chi connectivity index (χ3v) is 6.71. The van der Waals surface area contributed by atoms with Crippen molar-refractivity contribution < 1.29 is 9.46 Å². The Bertz CT molecular complexity index is 649. The summed E-state index contributed by atoms with van der Waals surface area (Å²) in [6.45, 7) is 2.25. The van der Waals surface area contributed by atoms with E-state index in [2.05, 4.69) is 6.92 Å². The van der Waals surface area contributed by atoms with Gasteiger partial charge >= 0.3 is 0 Å². The van der Waals surface area contributed by atoms with E-state index < -0.39 is 7.37 Å². The largest absolute Gasteiger partial charge is 0.338 e. The van der Waals surface area contributed by atoms with Gasteiger partial charge in [0.25, 0.3) is 7.37 Å². The van der Waals surface area contributed by atoms with Gasteiger partial charge in [-0.2, -0.15) is 0 Å². The van der Waals surface area contributed by atoms with Gasteiger partial charge in [0.05, 0.1) is 0 Å². The summed E-state index contributed by atoms with van der Waals surface area (Å²) in [7, 11) is -3.47. The maximum Gasteiger partial charge on any atom is 0.258 e. The Morgan fingerprint density at radius 3 is 1.84 bits per heavy atom. The van der Waals surface area contributed by atoms with Gasteiger partial charge in [0, 0.05) is 10.6 Å². The van der Waals surface area contributed by atoms with Crippen molar-refractivity contribution in [3.8, 4) is 0 Å². The highest BCUT2D eigenvalue weighted by Gasteiger charge is 2.23. The second-order valence-electron chi connectivity index (χ2n) is 6.80. The van der Waals surface area contributed by atoms with Gasteiger partial charge in [-0.05, 0) is 42.7 Å². The summed E-state index contributed by atoms with van der Waals surface area (Å²) in [5.41, 5.74) is 1.25. The molecular weight excluding hydrogens is 327 g/mol. The fraction of sp³-hybridized carbons (Fsp3) is 0.455. The van der Waals surface area contributed by atoms with Crippen LogP contribution in [0.2, 0.25) is 0 Å². The lowest BCUT2D eigenvalue weighted by Crippen LogP contribution is -2.15. The maximum atomic E-state index is 12.7. The first-order valence-corrected chi connectivity index (χ1v) is 11.3. The van der Waals surface area contributed by atoms with Crippen LogP contribution in [0.4, 0.5) is 0 Å². The number of unbranched alkanes of at least 4 members (excludes halogenated alkanes) is 7. The van der Waals surface area contributed by atoms with Gasteiger partial charge < -0.3 is 4.89 Å². The highest BCUT2D eigenvalue weighted by molar-refractivity contribution is 7.73. The molecule has 0 heterocycles. The van der Waals surface area contributed by atoms with E-state index in [1.54, 1.807) is 24.3 Å². The Hall–Kier alpha value is -1.37. The van der Waals surface area contributed by atoms with Crippen LogP contribution in [-0.4, -0.2) is 4.89 Å². The normalized spacial score (nSPS) is 13.5. The van der Waals surface area contributed by atoms with Crippen molar-refractivity contribution in [3.05, 3.63) is 60.2 Å². The second kappa shape index (κ2) is 10.6. The predicted molar refractivity (Wildman–Crippen MR) is 108 cm³/mol. The molecule has 0 radical (unpaired) electrons. The third kappa shape index (κ3) is 6.45. The van der Waals surface area contributed by atoms with Crippen LogP contribution >= 0.6 is 7.37 Å². The molecule has 0 saturated carbocycles. The molecule has 1 atom stereocenters. The summed E-state index contributed by atoms with van der Waals surface area (Å²) < 4.78 is 12.7. The molecule has 136 valence electrons. The van der Waals surface area contributed by atoms with E-state index in [4.69, 9.17) is 0 Å². The Morgan fingerprint density at radius 2 is 1.24 bits per heavy atom. The molecule has 1 unspecified atom stereocenters. The average molecular weight is 358 g/mol. The minimum Gasteiger partial charge on any atom is -0.338 e. The van der Waals surface area contributed by atoms with Crippen molar-refractivity contribution in [1.82, 2.24) is 0 Å². The first-order chi connectivity index (χ1) is 12.1. The maximum absolute atomic E-state index is 12.7. The summed E-state index contributed by atoms with van der Waals surface area (Å²) in [5, 5.41) is 1.00. The lowest BCUT2D eigenvalue weighted by atomic mass is 10.0. The van der Waals surface area contributed by atoms with E-state index in [0.29, 0.717) is 10.6 Å². The minimum atomic E-state index is -3.47.